The molecule has 0 radical (unpaired) electrons. The molecule has 1 fully saturated rings. The van der Waals surface area contributed by atoms with E-state index in [1.165, 1.54) is 0 Å². The first-order chi connectivity index (χ1) is 16.9. The second-order valence-corrected chi connectivity index (χ2v) is 9.37. The van der Waals surface area contributed by atoms with Crippen LogP contribution in [-0.2, 0) is 23.3 Å². The molecule has 1 atom stereocenters. The summed E-state index contributed by atoms with van der Waals surface area (Å²) in [4.78, 5) is 40.6. The van der Waals surface area contributed by atoms with Crippen molar-refractivity contribution < 1.29 is 23.9 Å². The number of imide groups is 1. The lowest BCUT2D eigenvalue weighted by atomic mass is 9.92. The van der Waals surface area contributed by atoms with E-state index in [0.29, 0.717) is 30.7 Å². The van der Waals surface area contributed by atoms with Gasteiger partial charge in [-0.15, -0.1) is 0 Å². The Hall–Kier alpha value is -4.07. The maximum Gasteiger partial charge on any atom is 0.325 e. The summed E-state index contributed by atoms with van der Waals surface area (Å²) < 4.78 is 12.9. The molecule has 6 rings (SSSR count). The van der Waals surface area contributed by atoms with Crippen LogP contribution in [0.25, 0.3) is 0 Å². The van der Waals surface area contributed by atoms with Gasteiger partial charge in [-0.3, -0.25) is 14.5 Å². The van der Waals surface area contributed by atoms with Crippen LogP contribution in [0.3, 0.4) is 0 Å². The molecule has 1 saturated heterocycles. The van der Waals surface area contributed by atoms with Crippen LogP contribution < -0.4 is 14.8 Å². The molecular formula is C27H25N3O5. The van der Waals surface area contributed by atoms with Crippen LogP contribution in [0.5, 0.6) is 11.5 Å². The van der Waals surface area contributed by atoms with Gasteiger partial charge in [-0.2, -0.15) is 0 Å². The number of aryl methyl sites for hydroxylation is 2. The minimum absolute atomic E-state index is 0.217. The summed E-state index contributed by atoms with van der Waals surface area (Å²) in [6.45, 7) is 4.31. The van der Waals surface area contributed by atoms with Gasteiger partial charge in [0.15, 0.2) is 17.3 Å². The van der Waals surface area contributed by atoms with Crippen molar-refractivity contribution in [2.75, 3.05) is 13.3 Å². The molecule has 1 aliphatic carbocycles. The fourth-order valence-corrected chi connectivity index (χ4v) is 5.51. The zero-order valence-corrected chi connectivity index (χ0v) is 19.6. The number of nitrogens with one attached hydrogen (secondary N) is 1. The third-order valence-corrected chi connectivity index (χ3v) is 7.38. The van der Waals surface area contributed by atoms with Crippen molar-refractivity contribution in [1.82, 2.24) is 14.8 Å². The molecule has 8 heteroatoms. The van der Waals surface area contributed by atoms with Crippen molar-refractivity contribution in [1.29, 1.82) is 0 Å². The molecule has 2 aromatic carbocycles. The Morgan fingerprint density at radius 1 is 1.06 bits per heavy atom. The van der Waals surface area contributed by atoms with Gasteiger partial charge in [0, 0.05) is 23.5 Å². The summed E-state index contributed by atoms with van der Waals surface area (Å²) in [6, 6.07) is 14.8. The summed E-state index contributed by atoms with van der Waals surface area (Å²) in [7, 11) is 0. The number of fused-ring (bicyclic) bond motifs is 3. The van der Waals surface area contributed by atoms with Crippen molar-refractivity contribution in [2.45, 2.75) is 38.8 Å². The smallest absolute Gasteiger partial charge is 0.325 e. The fourth-order valence-electron chi connectivity index (χ4n) is 5.51. The number of benzene rings is 2. The highest BCUT2D eigenvalue weighted by atomic mass is 16.7. The van der Waals surface area contributed by atoms with Gasteiger partial charge in [-0.25, -0.2) is 4.79 Å². The molecule has 3 aromatic rings. The third-order valence-electron chi connectivity index (χ3n) is 7.38. The van der Waals surface area contributed by atoms with E-state index < -0.39 is 11.6 Å². The van der Waals surface area contributed by atoms with E-state index >= 15 is 0 Å². The largest absolute Gasteiger partial charge is 0.454 e. The first kappa shape index (κ1) is 21.5. The molecule has 3 aliphatic rings. The van der Waals surface area contributed by atoms with Crippen molar-refractivity contribution in [3.05, 3.63) is 82.2 Å². The summed E-state index contributed by atoms with van der Waals surface area (Å²) in [6.07, 6.45) is 1.22. The number of amides is 3. The van der Waals surface area contributed by atoms with E-state index in [9.17, 15) is 14.4 Å². The van der Waals surface area contributed by atoms with Crippen LogP contribution in [-0.4, -0.2) is 40.5 Å². The second kappa shape index (κ2) is 7.73. The first-order valence-electron chi connectivity index (χ1n) is 11.7. The summed E-state index contributed by atoms with van der Waals surface area (Å²) in [5, 5.41) is 2.88. The topological polar surface area (TPSA) is 89.9 Å². The quantitative estimate of drug-likeness (QED) is 0.455. The van der Waals surface area contributed by atoms with Crippen LogP contribution in [0.15, 0.2) is 48.5 Å². The second-order valence-electron chi connectivity index (χ2n) is 9.37. The first-order valence-corrected chi connectivity index (χ1v) is 11.7. The number of hydrogen-bond donors (Lipinski definition) is 1. The van der Waals surface area contributed by atoms with E-state index in [1.54, 1.807) is 0 Å². The highest BCUT2D eigenvalue weighted by molar-refractivity contribution is 6.12. The van der Waals surface area contributed by atoms with E-state index in [4.69, 9.17) is 9.47 Å². The molecule has 178 valence electrons. The molecule has 1 N–H and O–H groups in total. The Kier molecular flexibility index (Phi) is 4.74. The van der Waals surface area contributed by atoms with Crippen LogP contribution in [0.4, 0.5) is 4.79 Å². The van der Waals surface area contributed by atoms with Crippen molar-refractivity contribution in [3.63, 3.8) is 0 Å². The normalized spacial score (nSPS) is 20.0. The maximum atomic E-state index is 13.4. The van der Waals surface area contributed by atoms with Gasteiger partial charge >= 0.3 is 6.03 Å². The van der Waals surface area contributed by atoms with Crippen molar-refractivity contribution in [3.8, 4) is 11.5 Å². The average Bonchev–Trinajstić information content (AvgIpc) is 3.59. The Morgan fingerprint density at radius 2 is 1.86 bits per heavy atom. The zero-order chi connectivity index (χ0) is 24.3. The van der Waals surface area contributed by atoms with Crippen LogP contribution in [0, 0.1) is 13.8 Å². The van der Waals surface area contributed by atoms with Gasteiger partial charge in [0.1, 0.15) is 5.54 Å². The van der Waals surface area contributed by atoms with E-state index in [2.05, 4.69) is 5.32 Å². The summed E-state index contributed by atoms with van der Waals surface area (Å²) in [5.74, 6) is 0.820. The minimum atomic E-state index is -1.07. The Morgan fingerprint density at radius 3 is 2.71 bits per heavy atom. The average molecular weight is 472 g/mol. The van der Waals surface area contributed by atoms with E-state index in [-0.39, 0.29) is 25.0 Å². The van der Waals surface area contributed by atoms with Crippen molar-refractivity contribution >= 4 is 17.7 Å². The number of ether oxygens (including phenoxy) is 2. The maximum absolute atomic E-state index is 13.4. The van der Waals surface area contributed by atoms with Gasteiger partial charge in [0.2, 0.25) is 6.79 Å². The summed E-state index contributed by atoms with van der Waals surface area (Å²) in [5.41, 5.74) is 4.06. The number of carbonyl (C=O) groups excluding carboxylic acids is 3. The number of nitrogens with zero attached hydrogens (tertiary/aromatic N) is 2. The number of Topliss-reactive ketones (excluding diaryl/α,β-unsaturated/α-hetero) is 1. The van der Waals surface area contributed by atoms with E-state index in [0.717, 1.165) is 38.7 Å². The number of ketones is 1. The Balaban J connectivity index is 1.23. The Bertz CT molecular complexity index is 1410. The Labute approximate surface area is 202 Å². The lowest BCUT2D eigenvalue weighted by Gasteiger charge is -2.22. The molecule has 1 spiro atoms. The summed E-state index contributed by atoms with van der Waals surface area (Å²) >= 11 is 0. The van der Waals surface area contributed by atoms with Gasteiger partial charge in [0.25, 0.3) is 5.91 Å². The lowest BCUT2D eigenvalue weighted by molar-refractivity contribution is -0.131. The SMILES string of the molecule is Cc1cc(C(=O)CN2C(=O)N[C@]3(CCc4ccccc43)C2=O)c(C)n1Cc1ccc2c(c1)OCO2. The molecule has 0 saturated carbocycles. The minimum Gasteiger partial charge on any atom is -0.454 e. The monoisotopic (exact) mass is 471 g/mol. The number of carbonyl (C=O) groups is 3. The van der Waals surface area contributed by atoms with Crippen molar-refractivity contribution in [2.24, 2.45) is 0 Å². The highest BCUT2D eigenvalue weighted by Crippen LogP contribution is 2.41. The number of rotatable bonds is 5. The molecule has 1 aromatic heterocycles. The molecule has 0 bridgehead atoms. The molecule has 8 nitrogen and oxygen atoms in total. The molecule has 0 unspecified atom stereocenters. The van der Waals surface area contributed by atoms with Gasteiger partial charge < -0.3 is 19.4 Å². The number of aromatic nitrogens is 1. The fraction of sp³-hybridized carbons (Fsp3) is 0.296. The predicted octanol–water partition coefficient (Wildman–Crippen LogP) is 3.46. The predicted molar refractivity (Wildman–Crippen MR) is 127 cm³/mol. The number of urea groups is 1. The van der Waals surface area contributed by atoms with Crippen LogP contribution >= 0.6 is 0 Å². The van der Waals surface area contributed by atoms with E-state index in [1.807, 2.05) is 66.9 Å². The molecule has 3 amide bonds. The number of hydrogen-bond acceptors (Lipinski definition) is 5. The standard InChI is InChI=1S/C27H25N3O5/c1-16-11-20(17(2)29(16)13-18-7-8-23-24(12-18)35-15-34-23)22(31)14-30-25(32)27(28-26(30)33)10-9-19-5-3-4-6-21(19)27/h3-8,11-12H,9-10,13-15H2,1-2H3,(H,28,33)/t27-/m0/s1. The lowest BCUT2D eigenvalue weighted by Crippen LogP contribution is -2.42. The third kappa shape index (κ3) is 3.24. The molecule has 2 aliphatic heterocycles. The van der Waals surface area contributed by atoms with Crippen LogP contribution in [0.1, 0.15) is 44.9 Å². The van der Waals surface area contributed by atoms with Gasteiger partial charge in [0.05, 0.1) is 6.54 Å². The molecule has 35 heavy (non-hydrogen) atoms. The highest BCUT2D eigenvalue weighted by Gasteiger charge is 2.55. The van der Waals surface area contributed by atoms with Gasteiger partial charge in [-0.1, -0.05) is 30.3 Å². The molecule has 3 heterocycles. The zero-order valence-electron chi connectivity index (χ0n) is 19.6. The van der Waals surface area contributed by atoms with Crippen LogP contribution in [0.2, 0.25) is 0 Å². The van der Waals surface area contributed by atoms with Gasteiger partial charge in [-0.05, 0) is 61.6 Å². The molecular weight excluding hydrogens is 446 g/mol.